The van der Waals surface area contributed by atoms with E-state index in [9.17, 15) is 0 Å². The lowest BCUT2D eigenvalue weighted by Crippen LogP contribution is -2.23. The minimum absolute atomic E-state index is 0.223. The van der Waals surface area contributed by atoms with Crippen LogP contribution in [0.5, 0.6) is 0 Å². The topological polar surface area (TPSA) is 40.7 Å². The van der Waals surface area contributed by atoms with Gasteiger partial charge in [0.05, 0.1) is 6.04 Å². The Morgan fingerprint density at radius 2 is 2.06 bits per heavy atom. The highest BCUT2D eigenvalue weighted by molar-refractivity contribution is 5.24. The van der Waals surface area contributed by atoms with Gasteiger partial charge in [-0.15, -0.1) is 0 Å². The lowest BCUT2D eigenvalue weighted by atomic mass is 10.1. The standard InChI is InChI=1S/C14H19N3/c1-10-5-4-6-13(9-10)11(2)17-12(3)14-15-7-8-16-14/h4-9,11-12,17H,1-3H3,(H,15,16). The molecule has 0 amide bonds. The lowest BCUT2D eigenvalue weighted by molar-refractivity contribution is 0.479. The van der Waals surface area contributed by atoms with E-state index >= 15 is 0 Å². The summed E-state index contributed by atoms with van der Waals surface area (Å²) in [5.41, 5.74) is 2.60. The van der Waals surface area contributed by atoms with Gasteiger partial charge in [0.2, 0.25) is 0 Å². The number of benzene rings is 1. The van der Waals surface area contributed by atoms with Crippen molar-refractivity contribution >= 4 is 0 Å². The number of aryl methyl sites for hydroxylation is 1. The van der Waals surface area contributed by atoms with Gasteiger partial charge in [-0.25, -0.2) is 4.98 Å². The average Bonchev–Trinajstić information content (AvgIpc) is 2.82. The molecule has 0 aliphatic heterocycles. The monoisotopic (exact) mass is 229 g/mol. The largest absolute Gasteiger partial charge is 0.347 e. The van der Waals surface area contributed by atoms with Crippen LogP contribution in [-0.4, -0.2) is 9.97 Å². The molecule has 0 bridgehead atoms. The van der Waals surface area contributed by atoms with E-state index in [2.05, 4.69) is 60.3 Å². The van der Waals surface area contributed by atoms with E-state index in [-0.39, 0.29) is 6.04 Å². The quantitative estimate of drug-likeness (QED) is 0.845. The molecule has 1 heterocycles. The maximum atomic E-state index is 4.26. The molecule has 1 aromatic carbocycles. The van der Waals surface area contributed by atoms with Gasteiger partial charge >= 0.3 is 0 Å². The van der Waals surface area contributed by atoms with Crippen LogP contribution >= 0.6 is 0 Å². The van der Waals surface area contributed by atoms with E-state index in [4.69, 9.17) is 0 Å². The molecule has 3 heteroatoms. The van der Waals surface area contributed by atoms with Crippen molar-refractivity contribution in [3.8, 4) is 0 Å². The summed E-state index contributed by atoms with van der Waals surface area (Å²) in [6.45, 7) is 6.41. The summed E-state index contributed by atoms with van der Waals surface area (Å²) in [4.78, 5) is 7.39. The number of hydrogen-bond acceptors (Lipinski definition) is 2. The smallest absolute Gasteiger partial charge is 0.122 e. The molecule has 2 atom stereocenters. The van der Waals surface area contributed by atoms with E-state index in [0.29, 0.717) is 6.04 Å². The van der Waals surface area contributed by atoms with Crippen molar-refractivity contribution in [3.05, 3.63) is 53.6 Å². The van der Waals surface area contributed by atoms with Crippen molar-refractivity contribution in [2.75, 3.05) is 0 Å². The molecule has 0 saturated heterocycles. The van der Waals surface area contributed by atoms with Crippen molar-refractivity contribution in [2.24, 2.45) is 0 Å². The van der Waals surface area contributed by atoms with Crippen molar-refractivity contribution in [1.29, 1.82) is 0 Å². The molecule has 3 nitrogen and oxygen atoms in total. The van der Waals surface area contributed by atoms with Gasteiger partial charge in [0.25, 0.3) is 0 Å². The molecule has 0 saturated carbocycles. The number of rotatable bonds is 4. The third-order valence-corrected chi connectivity index (χ3v) is 2.97. The molecule has 90 valence electrons. The van der Waals surface area contributed by atoms with E-state index in [0.717, 1.165) is 5.82 Å². The summed E-state index contributed by atoms with van der Waals surface area (Å²) in [6, 6.07) is 9.12. The van der Waals surface area contributed by atoms with Gasteiger partial charge in [0, 0.05) is 18.4 Å². The Morgan fingerprint density at radius 1 is 1.24 bits per heavy atom. The van der Waals surface area contributed by atoms with Crippen LogP contribution in [0.15, 0.2) is 36.7 Å². The summed E-state index contributed by atoms with van der Waals surface area (Å²) in [6.07, 6.45) is 3.63. The van der Waals surface area contributed by atoms with Gasteiger partial charge in [-0.05, 0) is 26.3 Å². The minimum Gasteiger partial charge on any atom is -0.347 e. The van der Waals surface area contributed by atoms with Gasteiger partial charge in [0.1, 0.15) is 5.82 Å². The predicted molar refractivity (Wildman–Crippen MR) is 69.7 cm³/mol. The summed E-state index contributed by atoms with van der Waals surface area (Å²) < 4.78 is 0. The number of imidazole rings is 1. The fraction of sp³-hybridized carbons (Fsp3) is 0.357. The number of aromatic amines is 1. The Morgan fingerprint density at radius 3 is 2.71 bits per heavy atom. The maximum Gasteiger partial charge on any atom is 0.122 e. The molecule has 17 heavy (non-hydrogen) atoms. The summed E-state index contributed by atoms with van der Waals surface area (Å²) in [7, 11) is 0. The highest BCUT2D eigenvalue weighted by Crippen LogP contribution is 2.18. The van der Waals surface area contributed by atoms with Crippen LogP contribution in [0, 0.1) is 6.92 Å². The lowest BCUT2D eigenvalue weighted by Gasteiger charge is -2.19. The molecule has 2 aromatic rings. The highest BCUT2D eigenvalue weighted by Gasteiger charge is 2.12. The molecule has 0 fully saturated rings. The molecule has 0 spiro atoms. The van der Waals surface area contributed by atoms with E-state index in [1.807, 2.05) is 6.20 Å². The second-order valence-corrected chi connectivity index (χ2v) is 4.50. The molecule has 1 aromatic heterocycles. The number of hydrogen-bond donors (Lipinski definition) is 2. The van der Waals surface area contributed by atoms with E-state index < -0.39 is 0 Å². The zero-order valence-electron chi connectivity index (χ0n) is 10.6. The molecule has 2 rings (SSSR count). The van der Waals surface area contributed by atoms with Crippen LogP contribution in [0.2, 0.25) is 0 Å². The van der Waals surface area contributed by atoms with E-state index in [1.54, 1.807) is 6.20 Å². The first kappa shape index (κ1) is 11.9. The first-order chi connectivity index (χ1) is 8.16. The molecule has 0 radical (unpaired) electrons. The summed E-state index contributed by atoms with van der Waals surface area (Å²) >= 11 is 0. The SMILES string of the molecule is Cc1cccc(C(C)NC(C)c2ncc[nH]2)c1. The minimum atomic E-state index is 0.223. The fourth-order valence-electron chi connectivity index (χ4n) is 2.00. The average molecular weight is 229 g/mol. The number of aromatic nitrogens is 2. The molecule has 2 N–H and O–H groups in total. The summed E-state index contributed by atoms with van der Waals surface area (Å²) in [5.74, 6) is 0.976. The first-order valence-electron chi connectivity index (χ1n) is 5.98. The normalized spacial score (nSPS) is 14.5. The third-order valence-electron chi connectivity index (χ3n) is 2.97. The third kappa shape index (κ3) is 2.94. The van der Waals surface area contributed by atoms with Gasteiger partial charge in [-0.2, -0.15) is 0 Å². The molecular weight excluding hydrogens is 210 g/mol. The van der Waals surface area contributed by atoms with Crippen LogP contribution in [0.3, 0.4) is 0 Å². The van der Waals surface area contributed by atoms with Crippen molar-refractivity contribution in [2.45, 2.75) is 32.9 Å². The van der Waals surface area contributed by atoms with Crippen LogP contribution in [0.25, 0.3) is 0 Å². The highest BCUT2D eigenvalue weighted by atomic mass is 15.0. The molecular formula is C14H19N3. The number of nitrogens with zero attached hydrogens (tertiary/aromatic N) is 1. The first-order valence-corrected chi connectivity index (χ1v) is 5.98. The Labute approximate surface area is 102 Å². The van der Waals surface area contributed by atoms with Gasteiger partial charge < -0.3 is 10.3 Å². The Hall–Kier alpha value is -1.61. The fourth-order valence-corrected chi connectivity index (χ4v) is 2.00. The van der Waals surface area contributed by atoms with Gasteiger partial charge in [-0.3, -0.25) is 0 Å². The second-order valence-electron chi connectivity index (χ2n) is 4.50. The van der Waals surface area contributed by atoms with Crippen LogP contribution in [-0.2, 0) is 0 Å². The van der Waals surface area contributed by atoms with Crippen molar-refractivity contribution in [3.63, 3.8) is 0 Å². The van der Waals surface area contributed by atoms with Crippen molar-refractivity contribution in [1.82, 2.24) is 15.3 Å². The zero-order chi connectivity index (χ0) is 12.3. The van der Waals surface area contributed by atoms with Gasteiger partial charge in [-0.1, -0.05) is 29.8 Å². The predicted octanol–water partition coefficient (Wildman–Crippen LogP) is 3.13. The molecule has 2 unspecified atom stereocenters. The molecule has 0 aliphatic carbocycles. The summed E-state index contributed by atoms with van der Waals surface area (Å²) in [5, 5.41) is 3.53. The van der Waals surface area contributed by atoms with Gasteiger partial charge in [0.15, 0.2) is 0 Å². The number of H-pyrrole nitrogens is 1. The molecule has 0 aliphatic rings. The van der Waals surface area contributed by atoms with Crippen LogP contribution < -0.4 is 5.32 Å². The number of nitrogens with one attached hydrogen (secondary N) is 2. The van der Waals surface area contributed by atoms with Crippen LogP contribution in [0.1, 0.15) is 42.9 Å². The maximum absolute atomic E-state index is 4.26. The Kier molecular flexibility index (Phi) is 3.59. The Balaban J connectivity index is 2.04. The Bertz CT molecular complexity index is 462. The van der Waals surface area contributed by atoms with Crippen molar-refractivity contribution < 1.29 is 0 Å². The zero-order valence-corrected chi connectivity index (χ0v) is 10.6. The van der Waals surface area contributed by atoms with Crippen LogP contribution in [0.4, 0.5) is 0 Å². The second kappa shape index (κ2) is 5.15. The van der Waals surface area contributed by atoms with E-state index in [1.165, 1.54) is 11.1 Å².